The van der Waals surface area contributed by atoms with Gasteiger partial charge in [0, 0.05) is 30.8 Å². The lowest BCUT2D eigenvalue weighted by molar-refractivity contribution is -0.122. The van der Waals surface area contributed by atoms with E-state index in [2.05, 4.69) is 5.32 Å². The zero-order valence-corrected chi connectivity index (χ0v) is 13.5. The molecule has 134 valence electrons. The third-order valence-corrected chi connectivity index (χ3v) is 4.35. The van der Waals surface area contributed by atoms with Crippen molar-refractivity contribution >= 4 is 23.2 Å². The van der Waals surface area contributed by atoms with Gasteiger partial charge in [-0.1, -0.05) is 0 Å². The summed E-state index contributed by atoms with van der Waals surface area (Å²) < 4.78 is 37.2. The first kappa shape index (κ1) is 16.3. The number of fused-ring (bicyclic) bond motifs is 1. The lowest BCUT2D eigenvalue weighted by Gasteiger charge is -2.17. The first-order valence-corrected chi connectivity index (χ1v) is 7.97. The maximum atomic E-state index is 13.7. The van der Waals surface area contributed by atoms with Gasteiger partial charge in [0.05, 0.1) is 11.6 Å². The Labute approximate surface area is 147 Å². The number of amides is 2. The van der Waals surface area contributed by atoms with Crippen LogP contribution in [0.3, 0.4) is 0 Å². The Morgan fingerprint density at radius 1 is 1.12 bits per heavy atom. The van der Waals surface area contributed by atoms with Crippen molar-refractivity contribution in [2.75, 3.05) is 23.6 Å². The third kappa shape index (κ3) is 2.94. The molecule has 2 aromatic rings. The van der Waals surface area contributed by atoms with Gasteiger partial charge < -0.3 is 19.7 Å². The van der Waals surface area contributed by atoms with Gasteiger partial charge in [0.1, 0.15) is 11.6 Å². The number of benzene rings is 2. The molecule has 2 aliphatic heterocycles. The van der Waals surface area contributed by atoms with Gasteiger partial charge >= 0.3 is 0 Å². The second-order valence-electron chi connectivity index (χ2n) is 6.06. The number of hydrogen-bond acceptors (Lipinski definition) is 4. The van der Waals surface area contributed by atoms with Crippen LogP contribution in [0.2, 0.25) is 0 Å². The van der Waals surface area contributed by atoms with Crippen LogP contribution >= 0.6 is 0 Å². The fourth-order valence-corrected chi connectivity index (χ4v) is 3.01. The number of anilines is 2. The molecule has 1 saturated heterocycles. The molecule has 0 aromatic heterocycles. The number of carbonyl (C=O) groups is 2. The third-order valence-electron chi connectivity index (χ3n) is 4.35. The molecule has 0 saturated carbocycles. The van der Waals surface area contributed by atoms with Crippen LogP contribution in [0.4, 0.5) is 20.2 Å². The van der Waals surface area contributed by atoms with Crippen LogP contribution in [0.1, 0.15) is 6.42 Å². The number of nitrogens with zero attached hydrogens (tertiary/aromatic N) is 1. The van der Waals surface area contributed by atoms with E-state index in [-0.39, 0.29) is 31.4 Å². The number of rotatable bonds is 3. The molecule has 2 aliphatic rings. The lowest BCUT2D eigenvalue weighted by Crippen LogP contribution is -2.28. The largest absolute Gasteiger partial charge is 0.454 e. The molecule has 6 nitrogen and oxygen atoms in total. The van der Waals surface area contributed by atoms with Crippen molar-refractivity contribution in [1.29, 1.82) is 0 Å². The predicted molar refractivity (Wildman–Crippen MR) is 88.0 cm³/mol. The minimum atomic E-state index is -0.865. The first-order valence-electron chi connectivity index (χ1n) is 7.97. The Kier molecular flexibility index (Phi) is 3.95. The Bertz CT molecular complexity index is 903. The summed E-state index contributed by atoms with van der Waals surface area (Å²) in [6, 6.07) is 7.98. The fourth-order valence-electron chi connectivity index (χ4n) is 3.01. The molecule has 2 amide bonds. The quantitative estimate of drug-likeness (QED) is 0.914. The second kappa shape index (κ2) is 6.29. The van der Waals surface area contributed by atoms with Crippen molar-refractivity contribution in [2.24, 2.45) is 5.92 Å². The summed E-state index contributed by atoms with van der Waals surface area (Å²) in [7, 11) is 0. The number of ether oxygens (including phenoxy) is 2. The van der Waals surface area contributed by atoms with Crippen molar-refractivity contribution in [3.8, 4) is 11.5 Å². The molecular formula is C18H14F2N2O4. The summed E-state index contributed by atoms with van der Waals surface area (Å²) in [5.41, 5.74) is 0.480. The standard InChI is InChI=1S/C18H14F2N2O4/c19-11-1-3-14(13(20)6-11)21-18(24)10-5-17(23)22(8-10)12-2-4-15-16(7-12)26-9-25-15/h1-4,6-7,10H,5,8-9H2,(H,21,24). The minimum Gasteiger partial charge on any atom is -0.454 e. The van der Waals surface area contributed by atoms with E-state index < -0.39 is 23.5 Å². The first-order chi connectivity index (χ1) is 12.5. The summed E-state index contributed by atoms with van der Waals surface area (Å²) in [6.07, 6.45) is 0.00306. The van der Waals surface area contributed by atoms with Crippen molar-refractivity contribution in [3.63, 3.8) is 0 Å². The molecule has 4 rings (SSSR count). The Hall–Kier alpha value is -3.16. The highest BCUT2D eigenvalue weighted by molar-refractivity contribution is 6.03. The molecule has 26 heavy (non-hydrogen) atoms. The number of hydrogen-bond donors (Lipinski definition) is 1. The van der Waals surface area contributed by atoms with Crippen LogP contribution < -0.4 is 19.7 Å². The molecule has 1 unspecified atom stereocenters. The predicted octanol–water partition coefficient (Wildman–Crippen LogP) is 2.69. The average molecular weight is 360 g/mol. The van der Waals surface area contributed by atoms with E-state index >= 15 is 0 Å². The van der Waals surface area contributed by atoms with Gasteiger partial charge in [-0.05, 0) is 24.3 Å². The molecule has 8 heteroatoms. The van der Waals surface area contributed by atoms with E-state index in [4.69, 9.17) is 9.47 Å². The molecule has 1 atom stereocenters. The highest BCUT2D eigenvalue weighted by atomic mass is 19.1. The van der Waals surface area contributed by atoms with Gasteiger partial charge in [-0.2, -0.15) is 0 Å². The van der Waals surface area contributed by atoms with Gasteiger partial charge in [-0.25, -0.2) is 8.78 Å². The van der Waals surface area contributed by atoms with Gasteiger partial charge in [-0.3, -0.25) is 9.59 Å². The second-order valence-corrected chi connectivity index (χ2v) is 6.06. The zero-order chi connectivity index (χ0) is 18.3. The van der Waals surface area contributed by atoms with Crippen molar-refractivity contribution in [1.82, 2.24) is 0 Å². The van der Waals surface area contributed by atoms with E-state index in [1.165, 1.54) is 4.90 Å². The topological polar surface area (TPSA) is 67.9 Å². The van der Waals surface area contributed by atoms with Crippen LogP contribution in [-0.4, -0.2) is 25.2 Å². The highest BCUT2D eigenvalue weighted by Crippen LogP contribution is 2.37. The van der Waals surface area contributed by atoms with Crippen molar-refractivity contribution in [3.05, 3.63) is 48.0 Å². The van der Waals surface area contributed by atoms with Crippen molar-refractivity contribution < 1.29 is 27.8 Å². The zero-order valence-electron chi connectivity index (χ0n) is 13.5. The van der Waals surface area contributed by atoms with E-state index in [0.29, 0.717) is 23.3 Å². The van der Waals surface area contributed by atoms with Crippen LogP contribution in [0, 0.1) is 17.6 Å². The fraction of sp³-hybridized carbons (Fsp3) is 0.222. The van der Waals surface area contributed by atoms with Gasteiger partial charge in [0.15, 0.2) is 11.5 Å². The lowest BCUT2D eigenvalue weighted by atomic mass is 10.1. The van der Waals surface area contributed by atoms with E-state index in [0.717, 1.165) is 12.1 Å². The molecule has 0 radical (unpaired) electrons. The summed E-state index contributed by atoms with van der Waals surface area (Å²) >= 11 is 0. The SMILES string of the molecule is O=C(Nc1ccc(F)cc1F)C1CC(=O)N(c2ccc3c(c2)OCO3)C1. The van der Waals surface area contributed by atoms with E-state index in [9.17, 15) is 18.4 Å². The molecule has 2 heterocycles. The molecule has 1 fully saturated rings. The van der Waals surface area contributed by atoms with E-state index in [1.807, 2.05) is 0 Å². The smallest absolute Gasteiger partial charge is 0.231 e. The van der Waals surface area contributed by atoms with Crippen LogP contribution in [0.25, 0.3) is 0 Å². The summed E-state index contributed by atoms with van der Waals surface area (Å²) in [4.78, 5) is 26.1. The molecule has 0 bridgehead atoms. The monoisotopic (exact) mass is 360 g/mol. The van der Waals surface area contributed by atoms with Gasteiger partial charge in [0.2, 0.25) is 18.6 Å². The molecule has 1 N–H and O–H groups in total. The Balaban J connectivity index is 1.48. The summed E-state index contributed by atoms with van der Waals surface area (Å²) in [5, 5.41) is 2.41. The normalized spacial score (nSPS) is 18.3. The summed E-state index contributed by atoms with van der Waals surface area (Å²) in [5.74, 6) is -1.81. The van der Waals surface area contributed by atoms with Gasteiger partial charge in [-0.15, -0.1) is 0 Å². The van der Waals surface area contributed by atoms with Crippen LogP contribution in [0.5, 0.6) is 11.5 Å². The number of halogens is 2. The maximum absolute atomic E-state index is 13.7. The van der Waals surface area contributed by atoms with Gasteiger partial charge in [0.25, 0.3) is 0 Å². The Morgan fingerprint density at radius 2 is 1.92 bits per heavy atom. The van der Waals surface area contributed by atoms with Crippen molar-refractivity contribution in [2.45, 2.75) is 6.42 Å². The molecule has 2 aromatic carbocycles. The number of carbonyl (C=O) groups excluding carboxylic acids is 2. The highest BCUT2D eigenvalue weighted by Gasteiger charge is 2.36. The van der Waals surface area contributed by atoms with Crippen LogP contribution in [0.15, 0.2) is 36.4 Å². The molecular weight excluding hydrogens is 346 g/mol. The summed E-state index contributed by atoms with van der Waals surface area (Å²) in [6.45, 7) is 0.286. The maximum Gasteiger partial charge on any atom is 0.231 e. The van der Waals surface area contributed by atoms with Crippen LogP contribution in [-0.2, 0) is 9.59 Å². The number of nitrogens with one attached hydrogen (secondary N) is 1. The van der Waals surface area contributed by atoms with E-state index in [1.54, 1.807) is 18.2 Å². The molecule has 0 spiro atoms. The molecule has 0 aliphatic carbocycles. The average Bonchev–Trinajstić information content (AvgIpc) is 3.23. The minimum absolute atomic E-state index is 0.00306. The Morgan fingerprint density at radius 3 is 2.73 bits per heavy atom.